The summed E-state index contributed by atoms with van der Waals surface area (Å²) in [6.07, 6.45) is 5.97. The molecular weight excluding hydrogens is 430 g/mol. The van der Waals surface area contributed by atoms with Crippen LogP contribution in [-0.4, -0.2) is 51.1 Å². The number of rotatable bonds is 3. The molecule has 2 saturated heterocycles. The van der Waals surface area contributed by atoms with E-state index in [0.29, 0.717) is 18.3 Å². The number of hydrazine groups is 1. The fourth-order valence-electron chi connectivity index (χ4n) is 5.35. The van der Waals surface area contributed by atoms with E-state index in [2.05, 4.69) is 44.4 Å². The van der Waals surface area contributed by atoms with Crippen LogP contribution in [0.2, 0.25) is 0 Å². The minimum Gasteiger partial charge on any atom is -0.342 e. The van der Waals surface area contributed by atoms with Crippen LogP contribution in [0.1, 0.15) is 67.6 Å². The Kier molecular flexibility index (Phi) is 5.01. The molecule has 8 nitrogen and oxygen atoms in total. The zero-order valence-corrected chi connectivity index (χ0v) is 19.7. The lowest BCUT2D eigenvalue weighted by molar-refractivity contribution is -0.129. The fraction of sp³-hybridized carbons (Fsp3) is 0.667. The average molecular weight is 460 g/mol. The Labute approximate surface area is 190 Å². The van der Waals surface area contributed by atoms with Crippen molar-refractivity contribution in [2.45, 2.75) is 63.2 Å². The van der Waals surface area contributed by atoms with Crippen LogP contribution in [0.5, 0.6) is 0 Å². The van der Waals surface area contributed by atoms with E-state index in [1.54, 1.807) is 0 Å². The summed E-state index contributed by atoms with van der Waals surface area (Å²) in [7, 11) is 0. The molecule has 5 heterocycles. The van der Waals surface area contributed by atoms with Crippen LogP contribution in [0.4, 0.5) is 5.95 Å². The number of thiophene rings is 1. The molecule has 2 aromatic rings. The molecule has 0 aromatic carbocycles. The maximum Gasteiger partial charge on any atom is 0.249 e. The van der Waals surface area contributed by atoms with Gasteiger partial charge in [0.1, 0.15) is 11.2 Å². The van der Waals surface area contributed by atoms with E-state index in [9.17, 15) is 4.79 Å². The predicted octanol–water partition coefficient (Wildman–Crippen LogP) is 3.00. The van der Waals surface area contributed by atoms with Gasteiger partial charge >= 0.3 is 0 Å². The van der Waals surface area contributed by atoms with Gasteiger partial charge in [-0.2, -0.15) is 0 Å². The second-order valence-corrected chi connectivity index (χ2v) is 11.3. The van der Waals surface area contributed by atoms with E-state index in [1.807, 2.05) is 16.2 Å². The summed E-state index contributed by atoms with van der Waals surface area (Å²) in [5, 5.41) is 16.8. The number of aromatic nitrogens is 3. The number of hydrogen-bond donors (Lipinski definition) is 2. The molecule has 166 valence electrons. The number of anilines is 1. The number of aryl methyl sites for hydroxylation is 1. The highest BCUT2D eigenvalue weighted by atomic mass is 32.2. The van der Waals surface area contributed by atoms with Gasteiger partial charge in [0.2, 0.25) is 11.9 Å². The summed E-state index contributed by atoms with van der Waals surface area (Å²) in [6.45, 7) is 7.09. The highest BCUT2D eigenvalue weighted by molar-refractivity contribution is 7.99. The number of amides is 1. The van der Waals surface area contributed by atoms with Crippen LogP contribution in [-0.2, 0) is 11.2 Å². The van der Waals surface area contributed by atoms with Crippen LogP contribution in [0, 0.1) is 5.92 Å². The van der Waals surface area contributed by atoms with Gasteiger partial charge in [0.25, 0.3) is 0 Å². The number of nitrogens with one attached hydrogen (secondary N) is 2. The monoisotopic (exact) mass is 459 g/mol. The summed E-state index contributed by atoms with van der Waals surface area (Å²) < 4.78 is 2.18. The van der Waals surface area contributed by atoms with Crippen molar-refractivity contribution in [2.75, 3.05) is 30.5 Å². The van der Waals surface area contributed by atoms with E-state index >= 15 is 0 Å². The number of carbonyl (C=O) groups is 1. The Bertz CT molecular complexity index is 1010. The van der Waals surface area contributed by atoms with Crippen LogP contribution in [0.3, 0.4) is 0 Å². The van der Waals surface area contributed by atoms with Crippen LogP contribution in [0.15, 0.2) is 5.16 Å². The van der Waals surface area contributed by atoms with Crippen molar-refractivity contribution in [2.24, 2.45) is 5.92 Å². The number of carbonyl (C=O) groups excluding carboxylic acids is 1. The van der Waals surface area contributed by atoms with E-state index in [1.165, 1.54) is 45.6 Å². The first kappa shape index (κ1) is 20.0. The third-order valence-electron chi connectivity index (χ3n) is 7.15. The van der Waals surface area contributed by atoms with Gasteiger partial charge in [-0.1, -0.05) is 25.6 Å². The van der Waals surface area contributed by atoms with Gasteiger partial charge in [-0.05, 0) is 49.5 Å². The molecule has 10 heteroatoms. The van der Waals surface area contributed by atoms with E-state index in [0.717, 1.165) is 49.4 Å². The molecule has 6 rings (SSSR count). The topological polar surface area (TPSA) is 78.3 Å². The molecule has 31 heavy (non-hydrogen) atoms. The lowest BCUT2D eigenvalue weighted by Gasteiger charge is -2.32. The second-order valence-electron chi connectivity index (χ2n) is 9.23. The maximum absolute atomic E-state index is 12.8. The van der Waals surface area contributed by atoms with Gasteiger partial charge < -0.3 is 4.90 Å². The van der Waals surface area contributed by atoms with Crippen molar-refractivity contribution in [3.05, 3.63) is 16.0 Å². The first-order valence-electron chi connectivity index (χ1n) is 11.4. The fourth-order valence-corrected chi connectivity index (χ4v) is 7.74. The van der Waals surface area contributed by atoms with Crippen molar-refractivity contribution in [3.8, 4) is 5.00 Å². The Morgan fingerprint density at radius 3 is 2.87 bits per heavy atom. The van der Waals surface area contributed by atoms with Crippen LogP contribution >= 0.6 is 23.1 Å². The molecule has 1 amide bonds. The molecule has 0 spiro atoms. The van der Waals surface area contributed by atoms with Crippen molar-refractivity contribution < 1.29 is 4.79 Å². The molecule has 0 saturated carbocycles. The second kappa shape index (κ2) is 7.75. The SMILES string of the molecule is CC1CCN(C(=O)CSc2nnc3n2-c2sc4c(c2C2NCNN32)[C@@H](C)CCC4)CC1. The van der Waals surface area contributed by atoms with Gasteiger partial charge in [-0.25, -0.2) is 9.99 Å². The van der Waals surface area contributed by atoms with Gasteiger partial charge in [-0.15, -0.1) is 21.5 Å². The highest BCUT2D eigenvalue weighted by Crippen LogP contribution is 2.50. The average Bonchev–Trinajstić information content (AvgIpc) is 3.48. The Balaban J connectivity index is 1.32. The molecule has 4 aliphatic rings. The maximum atomic E-state index is 12.8. The summed E-state index contributed by atoms with van der Waals surface area (Å²) in [5.41, 5.74) is 6.32. The van der Waals surface area contributed by atoms with Crippen molar-refractivity contribution >= 4 is 35.0 Å². The Hall–Kier alpha value is -1.62. The van der Waals surface area contributed by atoms with E-state index in [4.69, 9.17) is 0 Å². The number of fused-ring (bicyclic) bond motifs is 8. The van der Waals surface area contributed by atoms with E-state index in [-0.39, 0.29) is 12.1 Å². The van der Waals surface area contributed by atoms with Crippen molar-refractivity contribution in [3.63, 3.8) is 0 Å². The third-order valence-corrected chi connectivity index (χ3v) is 9.33. The van der Waals surface area contributed by atoms with Gasteiger partial charge in [0, 0.05) is 23.5 Å². The van der Waals surface area contributed by atoms with Crippen molar-refractivity contribution in [1.29, 1.82) is 0 Å². The molecule has 1 aliphatic carbocycles. The molecule has 2 fully saturated rings. The minimum atomic E-state index is 0.0991. The number of likely N-dealkylation sites (tertiary alicyclic amines) is 1. The molecule has 2 N–H and O–H groups in total. The van der Waals surface area contributed by atoms with Gasteiger partial charge in [-0.3, -0.25) is 15.1 Å². The molecule has 0 radical (unpaired) electrons. The molecule has 2 atom stereocenters. The number of hydrogen-bond acceptors (Lipinski definition) is 8. The zero-order chi connectivity index (χ0) is 21.1. The molecular formula is C21H29N7OS2. The largest absolute Gasteiger partial charge is 0.342 e. The predicted molar refractivity (Wildman–Crippen MR) is 123 cm³/mol. The first-order chi connectivity index (χ1) is 15.1. The lowest BCUT2D eigenvalue weighted by Crippen LogP contribution is -2.39. The summed E-state index contributed by atoms with van der Waals surface area (Å²) >= 11 is 3.41. The minimum absolute atomic E-state index is 0.0991. The van der Waals surface area contributed by atoms with Crippen LogP contribution < -0.4 is 15.8 Å². The molecule has 3 aliphatic heterocycles. The molecule has 2 aromatic heterocycles. The first-order valence-corrected chi connectivity index (χ1v) is 13.2. The summed E-state index contributed by atoms with van der Waals surface area (Å²) in [5.74, 6) is 2.74. The number of thioether (sulfide) groups is 1. The zero-order valence-electron chi connectivity index (χ0n) is 18.1. The molecule has 1 unspecified atom stereocenters. The normalized spacial score (nSPS) is 25.2. The summed E-state index contributed by atoms with van der Waals surface area (Å²) in [4.78, 5) is 16.3. The highest BCUT2D eigenvalue weighted by Gasteiger charge is 2.42. The standard InChI is InChI=1S/C21H29N7OS2/c1-12-6-8-26(9-7-12)15(29)10-30-21-25-24-20-27(21)19-17(18-22-11-23-28(18)20)16-13(2)4-3-5-14(16)31-19/h12-13,18,22-23H,3-11H2,1-2H3/t13-,18?/m0/s1. The van der Waals surface area contributed by atoms with Crippen LogP contribution in [0.25, 0.3) is 5.00 Å². The smallest absolute Gasteiger partial charge is 0.249 e. The van der Waals surface area contributed by atoms with Crippen molar-refractivity contribution in [1.82, 2.24) is 30.4 Å². The Morgan fingerprint density at radius 2 is 2.03 bits per heavy atom. The number of piperidine rings is 1. The molecule has 0 bridgehead atoms. The van der Waals surface area contributed by atoms with Gasteiger partial charge in [0.15, 0.2) is 5.16 Å². The Morgan fingerprint density at radius 1 is 1.19 bits per heavy atom. The lowest BCUT2D eigenvalue weighted by atomic mass is 9.85. The van der Waals surface area contributed by atoms with E-state index < -0.39 is 0 Å². The quantitative estimate of drug-likeness (QED) is 0.683. The van der Waals surface area contributed by atoms with Gasteiger partial charge in [0.05, 0.1) is 12.4 Å². The number of nitrogens with zero attached hydrogens (tertiary/aromatic N) is 5. The third kappa shape index (κ3) is 3.21. The summed E-state index contributed by atoms with van der Waals surface area (Å²) in [6, 6.07) is 0.